The Kier molecular flexibility index (Phi) is 5.50. The van der Waals surface area contributed by atoms with Crippen LogP contribution in [0.15, 0.2) is 29.6 Å². The Hall–Kier alpha value is -2.42. The molecule has 0 N–H and O–H groups in total. The first kappa shape index (κ1) is 22.4. The highest BCUT2D eigenvalue weighted by atomic mass is 32.1. The molecule has 0 saturated heterocycles. The van der Waals surface area contributed by atoms with Crippen molar-refractivity contribution in [2.24, 2.45) is 23.2 Å². The number of ether oxygens (including phenoxy) is 1. The normalized spacial score (nSPS) is 28.1. The van der Waals surface area contributed by atoms with Crippen LogP contribution in [0.2, 0.25) is 0 Å². The molecule has 9 heteroatoms. The Bertz CT molecular complexity index is 1050. The van der Waals surface area contributed by atoms with Gasteiger partial charge >= 0.3 is 12.1 Å². The molecular formula is C24H25F3N2O3S. The van der Waals surface area contributed by atoms with Crippen molar-refractivity contribution in [3.63, 3.8) is 0 Å². The number of thiazole rings is 1. The predicted octanol–water partition coefficient (Wildman–Crippen LogP) is 6.11. The van der Waals surface area contributed by atoms with Gasteiger partial charge in [-0.3, -0.25) is 14.5 Å². The second-order valence-corrected chi connectivity index (χ2v) is 10.6. The Labute approximate surface area is 193 Å². The summed E-state index contributed by atoms with van der Waals surface area (Å²) in [6.45, 7) is 1.26. The zero-order chi connectivity index (χ0) is 23.4. The SMILES string of the molecule is CC(=O)N(c1cccc(C(F)(F)F)c1)c1nc(COC(=O)C23CC4CC(CC(C4)C2)C3)cs1. The summed E-state index contributed by atoms with van der Waals surface area (Å²) in [6.07, 6.45) is 1.92. The molecule has 33 heavy (non-hydrogen) atoms. The molecule has 4 bridgehead atoms. The number of nitrogens with zero attached hydrogens (tertiary/aromatic N) is 2. The molecule has 0 radical (unpaired) electrons. The number of rotatable bonds is 5. The van der Waals surface area contributed by atoms with Gasteiger partial charge in [-0.15, -0.1) is 11.3 Å². The summed E-state index contributed by atoms with van der Waals surface area (Å²) >= 11 is 1.13. The molecule has 1 aromatic heterocycles. The van der Waals surface area contributed by atoms with E-state index in [0.29, 0.717) is 23.4 Å². The maximum atomic E-state index is 13.1. The van der Waals surface area contributed by atoms with Crippen LogP contribution in [0.25, 0.3) is 0 Å². The molecule has 6 rings (SSSR count). The summed E-state index contributed by atoms with van der Waals surface area (Å²) in [5.74, 6) is 1.28. The number of halogens is 3. The van der Waals surface area contributed by atoms with E-state index >= 15 is 0 Å². The smallest absolute Gasteiger partial charge is 0.416 e. The van der Waals surface area contributed by atoms with Crippen molar-refractivity contribution in [2.75, 3.05) is 4.90 Å². The molecule has 4 fully saturated rings. The first-order valence-electron chi connectivity index (χ1n) is 11.2. The van der Waals surface area contributed by atoms with Crippen molar-refractivity contribution < 1.29 is 27.5 Å². The quantitative estimate of drug-likeness (QED) is 0.487. The highest BCUT2D eigenvalue weighted by Crippen LogP contribution is 2.60. The molecule has 4 aliphatic carbocycles. The average Bonchev–Trinajstić information content (AvgIpc) is 3.19. The highest BCUT2D eigenvalue weighted by molar-refractivity contribution is 7.14. The molecule has 2 aromatic rings. The summed E-state index contributed by atoms with van der Waals surface area (Å²) in [7, 11) is 0. The molecule has 4 saturated carbocycles. The first-order valence-corrected chi connectivity index (χ1v) is 12.1. The number of anilines is 2. The van der Waals surface area contributed by atoms with Crippen molar-refractivity contribution in [2.45, 2.75) is 58.2 Å². The number of aromatic nitrogens is 1. The number of benzene rings is 1. The van der Waals surface area contributed by atoms with Crippen LogP contribution in [0.5, 0.6) is 0 Å². The van der Waals surface area contributed by atoms with E-state index in [1.807, 2.05) is 0 Å². The summed E-state index contributed by atoms with van der Waals surface area (Å²) in [5, 5.41) is 1.91. The van der Waals surface area contributed by atoms with Gasteiger partial charge in [0.2, 0.25) is 5.91 Å². The van der Waals surface area contributed by atoms with Gasteiger partial charge in [-0.05, 0) is 74.5 Å². The van der Waals surface area contributed by atoms with E-state index in [1.165, 1.54) is 38.3 Å². The Morgan fingerprint density at radius 3 is 2.36 bits per heavy atom. The molecule has 0 unspecified atom stereocenters. The fraction of sp³-hybridized carbons (Fsp3) is 0.542. The maximum absolute atomic E-state index is 13.1. The molecule has 4 aliphatic rings. The average molecular weight is 479 g/mol. The fourth-order valence-electron chi connectivity index (χ4n) is 6.37. The lowest BCUT2D eigenvalue weighted by atomic mass is 9.49. The molecule has 176 valence electrons. The van der Waals surface area contributed by atoms with Crippen molar-refractivity contribution in [1.29, 1.82) is 0 Å². The second-order valence-electron chi connectivity index (χ2n) is 9.80. The molecule has 1 heterocycles. The van der Waals surface area contributed by atoms with Crippen molar-refractivity contribution >= 4 is 34.0 Å². The molecular weight excluding hydrogens is 453 g/mol. The molecule has 5 nitrogen and oxygen atoms in total. The van der Waals surface area contributed by atoms with E-state index in [2.05, 4.69) is 4.98 Å². The zero-order valence-electron chi connectivity index (χ0n) is 18.2. The Morgan fingerprint density at radius 2 is 1.79 bits per heavy atom. The maximum Gasteiger partial charge on any atom is 0.416 e. The summed E-state index contributed by atoms with van der Waals surface area (Å²) in [6, 6.07) is 4.58. The minimum Gasteiger partial charge on any atom is -0.459 e. The fourth-order valence-corrected chi connectivity index (χ4v) is 7.24. The molecule has 0 atom stereocenters. The minimum absolute atomic E-state index is 0.00851. The summed E-state index contributed by atoms with van der Waals surface area (Å²) in [4.78, 5) is 30.8. The number of hydrogen-bond donors (Lipinski definition) is 0. The van der Waals surface area contributed by atoms with Crippen LogP contribution in [-0.2, 0) is 27.1 Å². The number of hydrogen-bond acceptors (Lipinski definition) is 5. The number of alkyl halides is 3. The highest BCUT2D eigenvalue weighted by Gasteiger charge is 2.55. The summed E-state index contributed by atoms with van der Waals surface area (Å²) < 4.78 is 45.0. The molecule has 0 spiro atoms. The number of carbonyl (C=O) groups is 2. The van der Waals surface area contributed by atoms with Gasteiger partial charge in [-0.25, -0.2) is 4.98 Å². The van der Waals surface area contributed by atoms with Gasteiger partial charge in [0.15, 0.2) is 5.13 Å². The minimum atomic E-state index is -4.52. The number of carbonyl (C=O) groups excluding carboxylic acids is 2. The monoisotopic (exact) mass is 478 g/mol. The lowest BCUT2D eigenvalue weighted by molar-refractivity contribution is -0.173. The van der Waals surface area contributed by atoms with Crippen LogP contribution < -0.4 is 4.90 Å². The van der Waals surface area contributed by atoms with Gasteiger partial charge in [-0.2, -0.15) is 13.2 Å². The lowest BCUT2D eigenvalue weighted by Gasteiger charge is -2.55. The third kappa shape index (κ3) is 4.27. The summed E-state index contributed by atoms with van der Waals surface area (Å²) in [5.41, 5.74) is -0.639. The number of esters is 1. The zero-order valence-corrected chi connectivity index (χ0v) is 19.0. The lowest BCUT2D eigenvalue weighted by Crippen LogP contribution is -2.50. The predicted molar refractivity (Wildman–Crippen MR) is 117 cm³/mol. The van der Waals surface area contributed by atoms with Gasteiger partial charge in [0.05, 0.1) is 22.4 Å². The van der Waals surface area contributed by atoms with Crippen LogP contribution >= 0.6 is 11.3 Å². The third-order valence-corrected chi connectivity index (χ3v) is 8.17. The van der Waals surface area contributed by atoms with E-state index in [1.54, 1.807) is 5.38 Å². The van der Waals surface area contributed by atoms with Gasteiger partial charge in [0.25, 0.3) is 0 Å². The van der Waals surface area contributed by atoms with Crippen molar-refractivity contribution in [3.8, 4) is 0 Å². The van der Waals surface area contributed by atoms with Gasteiger partial charge in [0, 0.05) is 12.3 Å². The second kappa shape index (κ2) is 8.11. The van der Waals surface area contributed by atoms with Crippen LogP contribution in [0.3, 0.4) is 0 Å². The van der Waals surface area contributed by atoms with Crippen LogP contribution in [-0.4, -0.2) is 16.9 Å². The van der Waals surface area contributed by atoms with Gasteiger partial charge in [0.1, 0.15) is 6.61 Å². The van der Waals surface area contributed by atoms with Crippen molar-refractivity contribution in [1.82, 2.24) is 4.98 Å². The van der Waals surface area contributed by atoms with Crippen molar-refractivity contribution in [3.05, 3.63) is 40.9 Å². The van der Waals surface area contributed by atoms with Crippen LogP contribution in [0, 0.1) is 23.2 Å². The van der Waals surface area contributed by atoms with Gasteiger partial charge < -0.3 is 4.74 Å². The standard InChI is InChI=1S/C24H25F3N2O3S/c1-14(30)29(20-4-2-3-18(8-20)24(25,26)27)22-28-19(13-33-22)12-32-21(31)23-9-15-5-16(10-23)7-17(6-15)11-23/h2-4,8,13,15-17H,5-7,9-12H2,1H3. The topological polar surface area (TPSA) is 59.5 Å². The first-order chi connectivity index (χ1) is 15.6. The van der Waals surface area contributed by atoms with E-state index in [0.717, 1.165) is 47.6 Å². The van der Waals surface area contributed by atoms with E-state index in [9.17, 15) is 22.8 Å². The molecule has 0 aliphatic heterocycles. The van der Waals surface area contributed by atoms with E-state index in [-0.39, 0.29) is 28.8 Å². The van der Waals surface area contributed by atoms with Crippen LogP contribution in [0.1, 0.15) is 56.7 Å². The Morgan fingerprint density at radius 1 is 1.15 bits per heavy atom. The van der Waals surface area contributed by atoms with E-state index in [4.69, 9.17) is 4.74 Å². The Balaban J connectivity index is 1.29. The third-order valence-electron chi connectivity index (χ3n) is 7.30. The molecule has 1 amide bonds. The largest absolute Gasteiger partial charge is 0.459 e. The van der Waals surface area contributed by atoms with E-state index < -0.39 is 17.6 Å². The number of amides is 1. The van der Waals surface area contributed by atoms with Crippen LogP contribution in [0.4, 0.5) is 24.0 Å². The molecule has 1 aromatic carbocycles. The van der Waals surface area contributed by atoms with Gasteiger partial charge in [-0.1, -0.05) is 6.07 Å².